The lowest BCUT2D eigenvalue weighted by atomic mass is 9.90. The molecular formula is C21H18ClFN2OS. The molecule has 3 aromatic rings. The van der Waals surface area contributed by atoms with Crippen LogP contribution in [-0.4, -0.2) is 19.4 Å². The highest BCUT2D eigenvalue weighted by molar-refractivity contribution is 8.01. The summed E-state index contributed by atoms with van der Waals surface area (Å²) in [4.78, 5) is 5.08. The summed E-state index contributed by atoms with van der Waals surface area (Å²) in [6.07, 6.45) is 7.08. The summed E-state index contributed by atoms with van der Waals surface area (Å²) in [5.41, 5.74) is 1.81. The Morgan fingerprint density at radius 1 is 1.37 bits per heavy atom. The summed E-state index contributed by atoms with van der Waals surface area (Å²) in [5.74, 6) is -0.377. The predicted molar refractivity (Wildman–Crippen MR) is 107 cm³/mol. The van der Waals surface area contributed by atoms with Gasteiger partial charge in [0.2, 0.25) is 0 Å². The van der Waals surface area contributed by atoms with Crippen LogP contribution in [0.15, 0.2) is 72.7 Å². The molecule has 138 valence electrons. The Morgan fingerprint density at radius 3 is 2.93 bits per heavy atom. The standard InChI is InChI=1S/C21H18ClFN2OS/c1-2-8-21(12-25-10-9-24-13-25)20(26)15-11-14(6-7-18(15)27-21)19-16(22)4-3-5-17(19)23/h2-7,9-11,13,20,26H,1,8,12H2. The molecule has 2 heterocycles. The second kappa shape index (κ2) is 7.15. The van der Waals surface area contributed by atoms with Gasteiger partial charge < -0.3 is 9.67 Å². The van der Waals surface area contributed by atoms with Gasteiger partial charge in [0.1, 0.15) is 5.82 Å². The fourth-order valence-electron chi connectivity index (χ4n) is 3.61. The SMILES string of the molecule is C=CCC1(Cn2ccnc2)Sc2ccc(-c3c(F)cccc3Cl)cc2C1O. The van der Waals surface area contributed by atoms with Gasteiger partial charge in [-0.1, -0.05) is 29.8 Å². The maximum absolute atomic E-state index is 14.3. The third kappa shape index (κ3) is 3.20. The quantitative estimate of drug-likeness (QED) is 0.575. The predicted octanol–water partition coefficient (Wildman–Crippen LogP) is 5.50. The minimum atomic E-state index is -0.719. The number of aromatic nitrogens is 2. The van der Waals surface area contributed by atoms with E-state index in [2.05, 4.69) is 11.6 Å². The number of fused-ring (bicyclic) bond motifs is 1. The van der Waals surface area contributed by atoms with Crippen LogP contribution in [0, 0.1) is 5.82 Å². The summed E-state index contributed by atoms with van der Waals surface area (Å²) in [5, 5.41) is 11.6. The average molecular weight is 401 g/mol. The molecule has 0 amide bonds. The van der Waals surface area contributed by atoms with E-state index in [9.17, 15) is 9.50 Å². The van der Waals surface area contributed by atoms with Crippen molar-refractivity contribution in [2.75, 3.05) is 0 Å². The van der Waals surface area contributed by atoms with Crippen LogP contribution in [-0.2, 0) is 6.54 Å². The zero-order chi connectivity index (χ0) is 19.0. The van der Waals surface area contributed by atoms with E-state index in [0.29, 0.717) is 29.1 Å². The number of halogens is 2. The van der Waals surface area contributed by atoms with E-state index < -0.39 is 10.9 Å². The molecule has 6 heteroatoms. The first kappa shape index (κ1) is 18.3. The van der Waals surface area contributed by atoms with Crippen LogP contribution < -0.4 is 0 Å². The number of thioether (sulfide) groups is 1. The Labute approximate surface area is 166 Å². The summed E-state index contributed by atoms with van der Waals surface area (Å²) < 4.78 is 15.8. The number of nitrogens with zero attached hydrogens (tertiary/aromatic N) is 2. The van der Waals surface area contributed by atoms with Crippen molar-refractivity contribution in [2.24, 2.45) is 0 Å². The van der Waals surface area contributed by atoms with Gasteiger partial charge in [-0.15, -0.1) is 18.3 Å². The molecule has 2 atom stereocenters. The molecule has 4 rings (SSSR count). The van der Waals surface area contributed by atoms with Crippen molar-refractivity contribution in [2.45, 2.75) is 28.7 Å². The molecule has 2 aromatic carbocycles. The Morgan fingerprint density at radius 2 is 2.22 bits per heavy atom. The molecule has 1 N–H and O–H groups in total. The molecule has 27 heavy (non-hydrogen) atoms. The Kier molecular flexibility index (Phi) is 4.84. The molecule has 0 aliphatic carbocycles. The zero-order valence-corrected chi connectivity index (χ0v) is 16.1. The highest BCUT2D eigenvalue weighted by atomic mass is 35.5. The van der Waals surface area contributed by atoms with Gasteiger partial charge in [-0.05, 0) is 41.8 Å². The highest BCUT2D eigenvalue weighted by Gasteiger charge is 2.46. The highest BCUT2D eigenvalue weighted by Crippen LogP contribution is 2.55. The average Bonchev–Trinajstić information content (AvgIpc) is 3.23. The van der Waals surface area contributed by atoms with Crippen molar-refractivity contribution in [3.63, 3.8) is 0 Å². The molecular weight excluding hydrogens is 383 g/mol. The Balaban J connectivity index is 1.75. The van der Waals surface area contributed by atoms with Gasteiger partial charge in [-0.3, -0.25) is 0 Å². The maximum Gasteiger partial charge on any atom is 0.132 e. The van der Waals surface area contributed by atoms with Gasteiger partial charge in [0.15, 0.2) is 0 Å². The maximum atomic E-state index is 14.3. The van der Waals surface area contributed by atoms with Crippen molar-refractivity contribution >= 4 is 23.4 Å². The van der Waals surface area contributed by atoms with Gasteiger partial charge in [0, 0.05) is 29.4 Å². The number of rotatable bonds is 5. The molecule has 1 aliphatic heterocycles. The fourth-order valence-corrected chi connectivity index (χ4v) is 5.40. The van der Waals surface area contributed by atoms with Gasteiger partial charge in [-0.2, -0.15) is 0 Å². The number of hydrogen-bond donors (Lipinski definition) is 1. The van der Waals surface area contributed by atoms with Crippen LogP contribution in [0.1, 0.15) is 18.1 Å². The molecule has 0 radical (unpaired) electrons. The number of allylic oxidation sites excluding steroid dienone is 1. The second-order valence-electron chi connectivity index (χ2n) is 6.65. The van der Waals surface area contributed by atoms with E-state index in [4.69, 9.17) is 11.6 Å². The number of imidazole rings is 1. The van der Waals surface area contributed by atoms with E-state index >= 15 is 0 Å². The molecule has 2 unspecified atom stereocenters. The summed E-state index contributed by atoms with van der Waals surface area (Å²) >= 11 is 7.85. The molecule has 3 nitrogen and oxygen atoms in total. The van der Waals surface area contributed by atoms with Gasteiger partial charge in [0.05, 0.1) is 22.2 Å². The number of aliphatic hydroxyl groups excluding tert-OH is 1. The first-order valence-corrected chi connectivity index (χ1v) is 9.75. The normalized spacial score (nSPS) is 21.2. The number of aliphatic hydroxyl groups is 1. The molecule has 0 spiro atoms. The van der Waals surface area contributed by atoms with Crippen LogP contribution in [0.3, 0.4) is 0 Å². The second-order valence-corrected chi connectivity index (χ2v) is 8.51. The lowest BCUT2D eigenvalue weighted by Crippen LogP contribution is -2.33. The smallest absolute Gasteiger partial charge is 0.132 e. The Hall–Kier alpha value is -2.08. The Bertz CT molecular complexity index is 972. The fraction of sp³-hybridized carbons (Fsp3) is 0.190. The van der Waals surface area contributed by atoms with E-state index in [1.165, 1.54) is 6.07 Å². The van der Waals surface area contributed by atoms with Crippen molar-refractivity contribution in [1.82, 2.24) is 9.55 Å². The molecule has 0 saturated carbocycles. The lowest BCUT2D eigenvalue weighted by Gasteiger charge is -2.31. The first-order valence-electron chi connectivity index (χ1n) is 8.56. The largest absolute Gasteiger partial charge is 0.387 e. The van der Waals surface area contributed by atoms with Gasteiger partial charge in [-0.25, -0.2) is 9.37 Å². The lowest BCUT2D eigenvalue weighted by molar-refractivity contribution is 0.123. The van der Waals surface area contributed by atoms with Gasteiger partial charge in [0.25, 0.3) is 0 Å². The summed E-state index contributed by atoms with van der Waals surface area (Å²) in [7, 11) is 0. The van der Waals surface area contributed by atoms with E-state index in [1.54, 1.807) is 36.4 Å². The minimum Gasteiger partial charge on any atom is -0.387 e. The third-order valence-electron chi connectivity index (χ3n) is 4.87. The van der Waals surface area contributed by atoms with Gasteiger partial charge >= 0.3 is 0 Å². The third-order valence-corrected chi connectivity index (χ3v) is 6.70. The van der Waals surface area contributed by atoms with Crippen LogP contribution in [0.25, 0.3) is 11.1 Å². The van der Waals surface area contributed by atoms with Crippen molar-refractivity contribution in [3.05, 3.63) is 84.2 Å². The first-order chi connectivity index (χ1) is 13.0. The van der Waals surface area contributed by atoms with E-state index in [1.807, 2.05) is 35.0 Å². The summed E-state index contributed by atoms with van der Waals surface area (Å²) in [6, 6.07) is 10.3. The summed E-state index contributed by atoms with van der Waals surface area (Å²) in [6.45, 7) is 4.46. The number of hydrogen-bond acceptors (Lipinski definition) is 3. The van der Waals surface area contributed by atoms with Crippen molar-refractivity contribution in [3.8, 4) is 11.1 Å². The molecule has 0 fully saturated rings. The van der Waals surface area contributed by atoms with Crippen LogP contribution in [0.5, 0.6) is 0 Å². The van der Waals surface area contributed by atoms with E-state index in [0.717, 1.165) is 10.5 Å². The van der Waals surface area contributed by atoms with Crippen LogP contribution in [0.4, 0.5) is 4.39 Å². The molecule has 0 saturated heterocycles. The van der Waals surface area contributed by atoms with Crippen LogP contribution in [0.2, 0.25) is 5.02 Å². The van der Waals surface area contributed by atoms with Crippen LogP contribution >= 0.6 is 23.4 Å². The minimum absolute atomic E-state index is 0.353. The zero-order valence-electron chi connectivity index (χ0n) is 14.5. The monoisotopic (exact) mass is 400 g/mol. The molecule has 1 aliphatic rings. The molecule has 1 aromatic heterocycles. The van der Waals surface area contributed by atoms with E-state index in [-0.39, 0.29) is 5.82 Å². The molecule has 0 bridgehead atoms. The van der Waals surface area contributed by atoms with Crippen molar-refractivity contribution in [1.29, 1.82) is 0 Å². The topological polar surface area (TPSA) is 38.0 Å². The van der Waals surface area contributed by atoms with Crippen molar-refractivity contribution < 1.29 is 9.50 Å². The number of benzene rings is 2.